The van der Waals surface area contributed by atoms with E-state index in [0.29, 0.717) is 0 Å². The highest BCUT2D eigenvalue weighted by Crippen LogP contribution is 2.37. The van der Waals surface area contributed by atoms with Crippen LogP contribution in [0.5, 0.6) is 0 Å². The molecule has 88 valence electrons. The predicted molar refractivity (Wildman–Crippen MR) is 62.9 cm³/mol. The van der Waals surface area contributed by atoms with Gasteiger partial charge in [-0.25, -0.2) is 0 Å². The van der Waals surface area contributed by atoms with Crippen molar-refractivity contribution in [2.24, 2.45) is 5.92 Å². The maximum Gasteiger partial charge on any atom is 0.0648 e. The van der Waals surface area contributed by atoms with Gasteiger partial charge in [-0.1, -0.05) is 6.92 Å². The molecule has 0 aromatic carbocycles. The zero-order valence-electron chi connectivity index (χ0n) is 10.0. The third-order valence-corrected chi connectivity index (χ3v) is 4.46. The van der Waals surface area contributed by atoms with Gasteiger partial charge in [-0.05, 0) is 70.5 Å². The molecule has 2 rings (SSSR count). The Labute approximate surface area is 93.7 Å². The number of nitrogens with zero attached hydrogens (tertiary/aromatic N) is 1. The summed E-state index contributed by atoms with van der Waals surface area (Å²) in [6.45, 7) is 6.01. The molecule has 0 atom stereocenters. The number of hydrogen-bond acceptors (Lipinski definition) is 2. The van der Waals surface area contributed by atoms with Crippen LogP contribution in [0.15, 0.2) is 0 Å². The first kappa shape index (κ1) is 11.4. The van der Waals surface area contributed by atoms with Gasteiger partial charge in [0.25, 0.3) is 0 Å². The van der Waals surface area contributed by atoms with E-state index in [4.69, 9.17) is 0 Å². The van der Waals surface area contributed by atoms with Crippen LogP contribution in [0.2, 0.25) is 0 Å². The molecule has 0 bridgehead atoms. The Balaban J connectivity index is 1.64. The molecule has 1 aliphatic heterocycles. The molecule has 15 heavy (non-hydrogen) atoms. The maximum atomic E-state index is 10.0. The first-order valence-electron chi connectivity index (χ1n) is 6.66. The van der Waals surface area contributed by atoms with Crippen LogP contribution in [0, 0.1) is 5.92 Å². The van der Waals surface area contributed by atoms with E-state index in [1.807, 2.05) is 0 Å². The molecule has 1 saturated carbocycles. The highest BCUT2D eigenvalue weighted by atomic mass is 16.3. The van der Waals surface area contributed by atoms with Gasteiger partial charge in [0.05, 0.1) is 5.60 Å². The minimum atomic E-state index is -0.248. The highest BCUT2D eigenvalue weighted by molar-refractivity contribution is 4.88. The second-order valence-electron chi connectivity index (χ2n) is 5.49. The zero-order valence-corrected chi connectivity index (χ0v) is 10.0. The van der Waals surface area contributed by atoms with Gasteiger partial charge in [-0.2, -0.15) is 0 Å². The molecular formula is C13H25NO. The lowest BCUT2D eigenvalue weighted by Crippen LogP contribution is -2.38. The van der Waals surface area contributed by atoms with Gasteiger partial charge in [0.1, 0.15) is 0 Å². The van der Waals surface area contributed by atoms with Gasteiger partial charge in [0, 0.05) is 0 Å². The van der Waals surface area contributed by atoms with Gasteiger partial charge in [0.2, 0.25) is 0 Å². The molecule has 1 aliphatic carbocycles. The molecule has 0 unspecified atom stereocenters. The average Bonchev–Trinajstić information content (AvgIpc) is 2.24. The van der Waals surface area contributed by atoms with Crippen LogP contribution in [-0.2, 0) is 0 Å². The van der Waals surface area contributed by atoms with E-state index in [1.54, 1.807) is 0 Å². The molecule has 0 aromatic rings. The first-order valence-corrected chi connectivity index (χ1v) is 6.66. The number of hydrogen-bond donors (Lipinski definition) is 1. The molecule has 2 fully saturated rings. The fraction of sp³-hybridized carbons (Fsp3) is 1.00. The van der Waals surface area contributed by atoms with Gasteiger partial charge in [-0.3, -0.25) is 0 Å². The van der Waals surface area contributed by atoms with Gasteiger partial charge in [-0.15, -0.1) is 0 Å². The van der Waals surface area contributed by atoms with E-state index in [0.717, 1.165) is 25.2 Å². The average molecular weight is 211 g/mol. The summed E-state index contributed by atoms with van der Waals surface area (Å²) in [5, 5.41) is 10.0. The smallest absolute Gasteiger partial charge is 0.0648 e. The third-order valence-electron chi connectivity index (χ3n) is 4.46. The summed E-state index contributed by atoms with van der Waals surface area (Å²) >= 11 is 0. The largest absolute Gasteiger partial charge is 0.390 e. The van der Waals surface area contributed by atoms with E-state index in [1.165, 1.54) is 45.3 Å². The molecule has 2 nitrogen and oxygen atoms in total. The Morgan fingerprint density at radius 3 is 2.40 bits per heavy atom. The number of aliphatic hydroxyl groups is 1. The summed E-state index contributed by atoms with van der Waals surface area (Å²) in [6, 6.07) is 0. The third kappa shape index (κ3) is 2.94. The Morgan fingerprint density at radius 2 is 1.93 bits per heavy atom. The summed E-state index contributed by atoms with van der Waals surface area (Å²) in [7, 11) is 0. The van der Waals surface area contributed by atoms with Crippen molar-refractivity contribution in [3.8, 4) is 0 Å². The minimum absolute atomic E-state index is 0.248. The maximum absolute atomic E-state index is 10.0. The van der Waals surface area contributed by atoms with Crippen LogP contribution >= 0.6 is 0 Å². The summed E-state index contributed by atoms with van der Waals surface area (Å²) in [5.74, 6) is 0.887. The summed E-state index contributed by atoms with van der Waals surface area (Å²) in [5.41, 5.74) is -0.248. The molecule has 1 heterocycles. The second kappa shape index (κ2) is 4.84. The van der Waals surface area contributed by atoms with Crippen LogP contribution in [0.25, 0.3) is 0 Å². The van der Waals surface area contributed by atoms with E-state index in [2.05, 4.69) is 11.8 Å². The normalized spacial score (nSPS) is 27.6. The highest BCUT2D eigenvalue weighted by Gasteiger charge is 2.34. The van der Waals surface area contributed by atoms with Crippen molar-refractivity contribution in [3.05, 3.63) is 0 Å². The Bertz CT molecular complexity index is 193. The first-order chi connectivity index (χ1) is 7.22. The van der Waals surface area contributed by atoms with Crippen molar-refractivity contribution >= 4 is 0 Å². The van der Waals surface area contributed by atoms with Gasteiger partial charge in [0.15, 0.2) is 0 Å². The SMILES string of the molecule is CCN1CCC(CCC2(O)CCC2)CC1. The van der Waals surface area contributed by atoms with E-state index < -0.39 is 0 Å². The molecule has 1 saturated heterocycles. The standard InChI is InChI=1S/C13H25NO/c1-2-14-10-5-12(6-11-14)4-9-13(15)7-3-8-13/h12,15H,2-11H2,1H3. The van der Waals surface area contributed by atoms with Crippen molar-refractivity contribution in [2.45, 2.75) is 57.5 Å². The van der Waals surface area contributed by atoms with Crippen LogP contribution in [0.3, 0.4) is 0 Å². The molecule has 2 heteroatoms. The van der Waals surface area contributed by atoms with E-state index in [-0.39, 0.29) is 5.60 Å². The molecule has 0 amide bonds. The lowest BCUT2D eigenvalue weighted by molar-refractivity contribution is -0.0461. The molecule has 1 N–H and O–H groups in total. The second-order valence-corrected chi connectivity index (χ2v) is 5.49. The van der Waals surface area contributed by atoms with Crippen molar-refractivity contribution in [2.75, 3.05) is 19.6 Å². The molecule has 0 aromatic heterocycles. The molecule has 2 aliphatic rings. The van der Waals surface area contributed by atoms with Crippen molar-refractivity contribution < 1.29 is 5.11 Å². The number of rotatable bonds is 4. The van der Waals surface area contributed by atoms with E-state index in [9.17, 15) is 5.11 Å². The lowest BCUT2D eigenvalue weighted by Gasteiger charge is -2.39. The lowest BCUT2D eigenvalue weighted by atomic mass is 9.75. The van der Waals surface area contributed by atoms with Crippen LogP contribution in [-0.4, -0.2) is 35.2 Å². The van der Waals surface area contributed by atoms with Crippen LogP contribution in [0.1, 0.15) is 51.9 Å². The fourth-order valence-corrected chi connectivity index (χ4v) is 2.90. The van der Waals surface area contributed by atoms with Crippen molar-refractivity contribution in [1.29, 1.82) is 0 Å². The number of piperidine rings is 1. The van der Waals surface area contributed by atoms with E-state index >= 15 is 0 Å². The monoisotopic (exact) mass is 211 g/mol. The van der Waals surface area contributed by atoms with Crippen molar-refractivity contribution in [1.82, 2.24) is 4.90 Å². The fourth-order valence-electron chi connectivity index (χ4n) is 2.90. The number of likely N-dealkylation sites (tertiary alicyclic amines) is 1. The predicted octanol–water partition coefficient (Wildman–Crippen LogP) is 2.41. The van der Waals surface area contributed by atoms with Gasteiger partial charge < -0.3 is 10.0 Å². The zero-order chi connectivity index (χ0) is 10.7. The Hall–Kier alpha value is -0.0800. The van der Waals surface area contributed by atoms with Gasteiger partial charge >= 0.3 is 0 Å². The quantitative estimate of drug-likeness (QED) is 0.772. The van der Waals surface area contributed by atoms with Crippen LogP contribution < -0.4 is 0 Å². The topological polar surface area (TPSA) is 23.5 Å². The van der Waals surface area contributed by atoms with Crippen LogP contribution in [0.4, 0.5) is 0 Å². The summed E-state index contributed by atoms with van der Waals surface area (Å²) < 4.78 is 0. The minimum Gasteiger partial charge on any atom is -0.390 e. The Morgan fingerprint density at radius 1 is 1.27 bits per heavy atom. The molecule has 0 radical (unpaired) electrons. The molecule has 0 spiro atoms. The molecular weight excluding hydrogens is 186 g/mol. The summed E-state index contributed by atoms with van der Waals surface area (Å²) in [4.78, 5) is 2.54. The Kier molecular flexibility index (Phi) is 3.68. The van der Waals surface area contributed by atoms with Crippen molar-refractivity contribution in [3.63, 3.8) is 0 Å². The summed E-state index contributed by atoms with van der Waals surface area (Å²) in [6.07, 6.45) is 8.37.